The van der Waals surface area contributed by atoms with Crippen molar-refractivity contribution in [3.05, 3.63) is 66.0 Å². The van der Waals surface area contributed by atoms with Gasteiger partial charge in [-0.25, -0.2) is 14.8 Å². The van der Waals surface area contributed by atoms with Crippen LogP contribution in [0.1, 0.15) is 36.7 Å². The molecule has 2 aromatic carbocycles. The maximum absolute atomic E-state index is 12.6. The predicted octanol–water partition coefficient (Wildman–Crippen LogP) is 4.45. The van der Waals surface area contributed by atoms with E-state index in [0.29, 0.717) is 16.6 Å². The quantitative estimate of drug-likeness (QED) is 0.390. The summed E-state index contributed by atoms with van der Waals surface area (Å²) in [5.74, 6) is 0.470. The summed E-state index contributed by atoms with van der Waals surface area (Å²) in [6.07, 6.45) is 2.38. The Hall–Kier alpha value is -4.14. The van der Waals surface area contributed by atoms with Crippen LogP contribution < -0.4 is 15.4 Å². The first kappa shape index (κ1) is 20.1. The van der Waals surface area contributed by atoms with Gasteiger partial charge < -0.3 is 14.7 Å². The predicted molar refractivity (Wildman–Crippen MR) is 117 cm³/mol. The number of anilines is 2. The van der Waals surface area contributed by atoms with Gasteiger partial charge in [0.25, 0.3) is 5.91 Å². The Kier molecular flexibility index (Phi) is 5.16. The maximum Gasteiger partial charge on any atom is 0.419 e. The minimum absolute atomic E-state index is 0.00731. The van der Waals surface area contributed by atoms with Crippen molar-refractivity contribution in [1.29, 1.82) is 0 Å². The average molecular weight is 418 g/mol. The third-order valence-electron chi connectivity index (χ3n) is 4.64. The molecule has 0 aliphatic heterocycles. The van der Waals surface area contributed by atoms with E-state index in [0.717, 1.165) is 5.56 Å². The van der Waals surface area contributed by atoms with E-state index in [2.05, 4.69) is 51.3 Å². The highest BCUT2D eigenvalue weighted by molar-refractivity contribution is 6.04. The van der Waals surface area contributed by atoms with Crippen LogP contribution in [-0.2, 0) is 5.41 Å². The number of ether oxygens (including phenoxy) is 1. The number of fused-ring (bicyclic) bond motifs is 1. The average Bonchev–Trinajstić information content (AvgIpc) is 3.37. The van der Waals surface area contributed by atoms with Crippen LogP contribution in [0.2, 0.25) is 0 Å². The van der Waals surface area contributed by atoms with Gasteiger partial charge in [-0.1, -0.05) is 39.0 Å². The molecule has 4 N–H and O–H groups in total. The van der Waals surface area contributed by atoms with Crippen LogP contribution in [0.5, 0.6) is 5.75 Å². The number of nitrogens with one attached hydrogen (secondary N) is 4. The Morgan fingerprint density at radius 3 is 2.45 bits per heavy atom. The molecule has 9 heteroatoms. The molecule has 0 fully saturated rings. The van der Waals surface area contributed by atoms with Crippen LogP contribution >= 0.6 is 0 Å². The highest BCUT2D eigenvalue weighted by Gasteiger charge is 2.16. The monoisotopic (exact) mass is 418 g/mol. The SMILES string of the molecule is CC(C)(C)c1ccc(C(=O)Nc2nc3c(OC(=O)Nc4ncc[nH]4)cccc3[nH]2)cc1. The lowest BCUT2D eigenvalue weighted by molar-refractivity contribution is 0.102. The van der Waals surface area contributed by atoms with E-state index < -0.39 is 6.09 Å². The van der Waals surface area contributed by atoms with Crippen molar-refractivity contribution < 1.29 is 14.3 Å². The number of H-pyrrole nitrogens is 2. The van der Waals surface area contributed by atoms with Gasteiger partial charge in [0.05, 0.1) is 5.52 Å². The van der Waals surface area contributed by atoms with E-state index in [1.165, 1.54) is 6.20 Å². The molecule has 0 spiro atoms. The molecular weight excluding hydrogens is 396 g/mol. The number of hydrogen-bond donors (Lipinski definition) is 4. The van der Waals surface area contributed by atoms with Gasteiger partial charge in [-0.3, -0.25) is 15.4 Å². The number of hydrogen-bond acceptors (Lipinski definition) is 5. The van der Waals surface area contributed by atoms with Crippen LogP contribution in [0.25, 0.3) is 11.0 Å². The molecule has 0 radical (unpaired) electrons. The summed E-state index contributed by atoms with van der Waals surface area (Å²) >= 11 is 0. The third-order valence-corrected chi connectivity index (χ3v) is 4.64. The van der Waals surface area contributed by atoms with Crippen molar-refractivity contribution in [3.63, 3.8) is 0 Å². The van der Waals surface area contributed by atoms with Crippen molar-refractivity contribution in [1.82, 2.24) is 19.9 Å². The lowest BCUT2D eigenvalue weighted by Gasteiger charge is -2.18. The summed E-state index contributed by atoms with van der Waals surface area (Å²) in [6, 6.07) is 12.5. The van der Waals surface area contributed by atoms with Gasteiger partial charge in [0.15, 0.2) is 5.75 Å². The second-order valence-electron chi connectivity index (χ2n) is 7.97. The van der Waals surface area contributed by atoms with Gasteiger partial charge in [0.1, 0.15) is 5.52 Å². The fourth-order valence-electron chi connectivity index (χ4n) is 3.00. The Morgan fingerprint density at radius 2 is 1.77 bits per heavy atom. The summed E-state index contributed by atoms with van der Waals surface area (Å²) in [5, 5.41) is 5.22. The molecule has 2 heterocycles. The molecule has 158 valence electrons. The molecule has 0 saturated heterocycles. The number of aromatic nitrogens is 4. The first-order chi connectivity index (χ1) is 14.8. The fourth-order valence-corrected chi connectivity index (χ4v) is 3.00. The topological polar surface area (TPSA) is 125 Å². The number of carbonyl (C=O) groups is 2. The Morgan fingerprint density at radius 1 is 1.00 bits per heavy atom. The Balaban J connectivity index is 1.49. The molecule has 0 bridgehead atoms. The first-order valence-corrected chi connectivity index (χ1v) is 9.68. The lowest BCUT2D eigenvalue weighted by Crippen LogP contribution is -2.17. The molecule has 0 atom stereocenters. The van der Waals surface area contributed by atoms with Crippen LogP contribution in [0.4, 0.5) is 16.7 Å². The van der Waals surface area contributed by atoms with Crippen LogP contribution in [0.15, 0.2) is 54.9 Å². The van der Waals surface area contributed by atoms with Crippen molar-refractivity contribution in [3.8, 4) is 5.75 Å². The van der Waals surface area contributed by atoms with Gasteiger partial charge in [0, 0.05) is 18.0 Å². The number of imidazole rings is 2. The van der Waals surface area contributed by atoms with Gasteiger partial charge >= 0.3 is 6.09 Å². The van der Waals surface area contributed by atoms with Crippen molar-refractivity contribution in [2.75, 3.05) is 10.6 Å². The number of aromatic amines is 2. The third kappa shape index (κ3) is 4.55. The molecule has 4 rings (SSSR count). The molecule has 0 unspecified atom stereocenters. The van der Waals surface area contributed by atoms with Crippen LogP contribution in [0, 0.1) is 0 Å². The summed E-state index contributed by atoms with van der Waals surface area (Å²) in [7, 11) is 0. The van der Waals surface area contributed by atoms with Crippen molar-refractivity contribution in [2.24, 2.45) is 0 Å². The zero-order valence-electron chi connectivity index (χ0n) is 17.3. The normalized spacial score (nSPS) is 11.3. The molecule has 31 heavy (non-hydrogen) atoms. The zero-order chi connectivity index (χ0) is 22.0. The van der Waals surface area contributed by atoms with Gasteiger partial charge in [-0.15, -0.1) is 0 Å². The number of nitrogens with zero attached hydrogens (tertiary/aromatic N) is 2. The number of para-hydroxylation sites is 1. The molecule has 2 aromatic heterocycles. The van der Waals surface area contributed by atoms with Gasteiger partial charge in [0.2, 0.25) is 11.9 Å². The molecule has 0 aliphatic rings. The Bertz CT molecular complexity index is 1220. The van der Waals surface area contributed by atoms with Crippen LogP contribution in [0.3, 0.4) is 0 Å². The number of benzene rings is 2. The lowest BCUT2D eigenvalue weighted by atomic mass is 9.87. The highest BCUT2D eigenvalue weighted by Crippen LogP contribution is 2.26. The van der Waals surface area contributed by atoms with Gasteiger partial charge in [-0.05, 0) is 35.2 Å². The van der Waals surface area contributed by atoms with Gasteiger partial charge in [-0.2, -0.15) is 0 Å². The minimum atomic E-state index is -0.713. The Labute approximate surface area is 178 Å². The maximum atomic E-state index is 12.6. The van der Waals surface area contributed by atoms with Crippen molar-refractivity contribution in [2.45, 2.75) is 26.2 Å². The standard InChI is InChI=1S/C22H22N6O3/c1-22(2,3)14-9-7-13(8-10-14)18(29)27-20-25-15-5-4-6-16(17(15)26-20)31-21(30)28-19-23-11-12-24-19/h4-12H,1-3H3,(H2,23,24,28,30)(H2,25,26,27,29). The first-order valence-electron chi connectivity index (χ1n) is 9.68. The van der Waals surface area contributed by atoms with E-state index in [1.54, 1.807) is 36.5 Å². The fraction of sp³-hybridized carbons (Fsp3) is 0.182. The smallest absolute Gasteiger partial charge is 0.408 e. The summed E-state index contributed by atoms with van der Waals surface area (Å²) in [5.41, 5.74) is 2.69. The molecular formula is C22H22N6O3. The highest BCUT2D eigenvalue weighted by atomic mass is 16.6. The summed E-state index contributed by atoms with van der Waals surface area (Å²) in [4.78, 5) is 38.8. The largest absolute Gasteiger partial charge is 0.419 e. The van der Waals surface area contributed by atoms with Crippen LogP contribution in [-0.4, -0.2) is 31.9 Å². The molecule has 0 saturated carbocycles. The molecule has 4 aromatic rings. The second-order valence-corrected chi connectivity index (χ2v) is 7.97. The van der Waals surface area contributed by atoms with E-state index in [-0.39, 0.29) is 29.0 Å². The second kappa shape index (κ2) is 7.94. The molecule has 2 amide bonds. The molecule has 9 nitrogen and oxygen atoms in total. The zero-order valence-corrected chi connectivity index (χ0v) is 17.3. The number of rotatable bonds is 4. The van der Waals surface area contributed by atoms with E-state index in [9.17, 15) is 9.59 Å². The van der Waals surface area contributed by atoms with E-state index >= 15 is 0 Å². The van der Waals surface area contributed by atoms with Crippen molar-refractivity contribution >= 4 is 34.9 Å². The number of carbonyl (C=O) groups excluding carboxylic acids is 2. The molecule has 0 aliphatic carbocycles. The van der Waals surface area contributed by atoms with E-state index in [1.807, 2.05) is 12.1 Å². The number of amides is 2. The summed E-state index contributed by atoms with van der Waals surface area (Å²) < 4.78 is 5.34. The summed E-state index contributed by atoms with van der Waals surface area (Å²) in [6.45, 7) is 6.35. The van der Waals surface area contributed by atoms with E-state index in [4.69, 9.17) is 4.74 Å². The minimum Gasteiger partial charge on any atom is -0.408 e.